The lowest BCUT2D eigenvalue weighted by atomic mass is 9.88. The molecule has 0 amide bonds. The first-order valence-corrected chi connectivity index (χ1v) is 7.99. The number of aliphatic hydroxyl groups excluding tert-OH is 1. The topological polar surface area (TPSA) is 44.3 Å². The molecular weight excluding hydrogens is 224 g/mol. The van der Waals surface area contributed by atoms with Crippen molar-refractivity contribution in [3.05, 3.63) is 0 Å². The molecule has 2 rings (SSSR count). The molecule has 3 unspecified atom stereocenters. The Morgan fingerprint density at radius 3 is 2.72 bits per heavy atom. The molecule has 3 nitrogen and oxygen atoms in total. The predicted molar refractivity (Wildman–Crippen MR) is 75.7 cm³/mol. The van der Waals surface area contributed by atoms with Crippen molar-refractivity contribution in [2.24, 2.45) is 5.92 Å². The van der Waals surface area contributed by atoms with Crippen molar-refractivity contribution in [2.75, 3.05) is 19.7 Å². The van der Waals surface area contributed by atoms with E-state index in [1.54, 1.807) is 0 Å². The molecule has 0 aromatic carbocycles. The van der Waals surface area contributed by atoms with E-state index >= 15 is 0 Å². The number of hydrogen-bond donors (Lipinski definition) is 3. The molecule has 0 aromatic heterocycles. The zero-order chi connectivity index (χ0) is 12.6. The van der Waals surface area contributed by atoms with Crippen LogP contribution in [0.25, 0.3) is 0 Å². The molecule has 2 aliphatic rings. The van der Waals surface area contributed by atoms with Gasteiger partial charge in [-0.15, -0.1) is 0 Å². The van der Waals surface area contributed by atoms with E-state index in [2.05, 4.69) is 10.6 Å². The third-order valence-electron chi connectivity index (χ3n) is 4.68. The molecule has 3 heteroatoms. The van der Waals surface area contributed by atoms with E-state index < -0.39 is 0 Å². The Morgan fingerprint density at radius 1 is 1.00 bits per heavy atom. The van der Waals surface area contributed by atoms with Gasteiger partial charge in [-0.2, -0.15) is 0 Å². The lowest BCUT2D eigenvalue weighted by molar-refractivity contribution is 0.255. The van der Waals surface area contributed by atoms with Crippen molar-refractivity contribution in [2.45, 2.75) is 69.9 Å². The lowest BCUT2D eigenvalue weighted by Gasteiger charge is -2.33. The summed E-state index contributed by atoms with van der Waals surface area (Å²) < 4.78 is 0. The summed E-state index contributed by atoms with van der Waals surface area (Å²) in [5, 5.41) is 16.3. The molecule has 2 fully saturated rings. The normalized spacial score (nSPS) is 32.8. The van der Waals surface area contributed by atoms with Crippen LogP contribution in [-0.4, -0.2) is 36.9 Å². The zero-order valence-corrected chi connectivity index (χ0v) is 11.7. The van der Waals surface area contributed by atoms with Crippen LogP contribution in [0.1, 0.15) is 57.8 Å². The molecule has 0 aromatic rings. The summed E-state index contributed by atoms with van der Waals surface area (Å²) in [6.07, 6.45) is 11.7. The molecule has 1 heterocycles. The number of rotatable bonds is 7. The SMILES string of the molecule is OCCCCCNC1CCCC1C1CCCCN1. The van der Waals surface area contributed by atoms with Crippen molar-refractivity contribution in [3.63, 3.8) is 0 Å². The number of piperidine rings is 1. The van der Waals surface area contributed by atoms with Crippen molar-refractivity contribution < 1.29 is 5.11 Å². The summed E-state index contributed by atoms with van der Waals surface area (Å²) in [5.74, 6) is 0.864. The molecule has 0 radical (unpaired) electrons. The highest BCUT2D eigenvalue weighted by Crippen LogP contribution is 2.31. The highest BCUT2D eigenvalue weighted by Gasteiger charge is 2.33. The van der Waals surface area contributed by atoms with Gasteiger partial charge in [0, 0.05) is 18.7 Å². The summed E-state index contributed by atoms with van der Waals surface area (Å²) in [6.45, 7) is 2.70. The second-order valence-corrected chi connectivity index (χ2v) is 6.00. The standard InChI is InChI=1S/C15H30N2O/c18-12-5-1-3-10-16-15-9-6-7-13(15)14-8-2-4-11-17-14/h13-18H,1-12H2. The molecule has 18 heavy (non-hydrogen) atoms. The van der Waals surface area contributed by atoms with E-state index in [1.807, 2.05) is 0 Å². The van der Waals surface area contributed by atoms with Crippen LogP contribution in [0, 0.1) is 5.92 Å². The first kappa shape index (κ1) is 14.3. The van der Waals surface area contributed by atoms with Gasteiger partial charge in [0.2, 0.25) is 0 Å². The second-order valence-electron chi connectivity index (χ2n) is 6.00. The Labute approximate surface area is 112 Å². The molecule has 1 aliphatic carbocycles. The maximum absolute atomic E-state index is 8.76. The summed E-state index contributed by atoms with van der Waals surface area (Å²) in [6, 6.07) is 1.52. The van der Waals surface area contributed by atoms with Crippen molar-refractivity contribution in [3.8, 4) is 0 Å². The van der Waals surface area contributed by atoms with Crippen molar-refractivity contribution >= 4 is 0 Å². The van der Waals surface area contributed by atoms with Crippen molar-refractivity contribution in [1.29, 1.82) is 0 Å². The highest BCUT2D eigenvalue weighted by molar-refractivity contribution is 4.92. The number of unbranched alkanes of at least 4 members (excludes halogenated alkanes) is 2. The van der Waals surface area contributed by atoms with Crippen LogP contribution in [-0.2, 0) is 0 Å². The number of aliphatic hydroxyl groups is 1. The quantitative estimate of drug-likeness (QED) is 0.609. The highest BCUT2D eigenvalue weighted by atomic mass is 16.2. The van der Waals surface area contributed by atoms with Crippen LogP contribution in [0.2, 0.25) is 0 Å². The van der Waals surface area contributed by atoms with E-state index in [-0.39, 0.29) is 0 Å². The van der Waals surface area contributed by atoms with Gasteiger partial charge in [-0.25, -0.2) is 0 Å². The van der Waals surface area contributed by atoms with Crippen molar-refractivity contribution in [1.82, 2.24) is 10.6 Å². The van der Waals surface area contributed by atoms with Crippen LogP contribution in [0.5, 0.6) is 0 Å². The van der Waals surface area contributed by atoms with Gasteiger partial charge in [0.05, 0.1) is 0 Å². The van der Waals surface area contributed by atoms with Gasteiger partial charge in [-0.05, 0) is 64.0 Å². The van der Waals surface area contributed by atoms with Gasteiger partial charge in [0.15, 0.2) is 0 Å². The lowest BCUT2D eigenvalue weighted by Crippen LogP contribution is -2.47. The largest absolute Gasteiger partial charge is 0.396 e. The molecular formula is C15H30N2O. The van der Waals surface area contributed by atoms with Gasteiger partial charge in [0.25, 0.3) is 0 Å². The molecule has 0 spiro atoms. The van der Waals surface area contributed by atoms with E-state index in [9.17, 15) is 0 Å². The minimum atomic E-state index is 0.345. The molecule has 3 atom stereocenters. The third kappa shape index (κ3) is 4.22. The van der Waals surface area contributed by atoms with Gasteiger partial charge in [-0.3, -0.25) is 0 Å². The van der Waals surface area contributed by atoms with Crippen LogP contribution >= 0.6 is 0 Å². The first-order chi connectivity index (χ1) is 8.92. The Hall–Kier alpha value is -0.120. The average Bonchev–Trinajstić information content (AvgIpc) is 2.88. The van der Waals surface area contributed by atoms with E-state index in [1.165, 1.54) is 51.5 Å². The smallest absolute Gasteiger partial charge is 0.0431 e. The Bertz CT molecular complexity index is 217. The summed E-state index contributed by atoms with van der Waals surface area (Å²) in [7, 11) is 0. The monoisotopic (exact) mass is 254 g/mol. The summed E-state index contributed by atoms with van der Waals surface area (Å²) in [5.41, 5.74) is 0. The molecule has 1 saturated heterocycles. The van der Waals surface area contributed by atoms with E-state index in [0.29, 0.717) is 6.61 Å². The second kappa shape index (κ2) is 8.13. The zero-order valence-electron chi connectivity index (χ0n) is 11.7. The Morgan fingerprint density at radius 2 is 1.94 bits per heavy atom. The van der Waals surface area contributed by atoms with Crippen LogP contribution in [0.3, 0.4) is 0 Å². The number of hydrogen-bond acceptors (Lipinski definition) is 3. The maximum Gasteiger partial charge on any atom is 0.0431 e. The van der Waals surface area contributed by atoms with Crippen LogP contribution in [0.4, 0.5) is 0 Å². The predicted octanol–water partition coefficient (Wildman–Crippen LogP) is 2.05. The van der Waals surface area contributed by atoms with Gasteiger partial charge < -0.3 is 15.7 Å². The van der Waals surface area contributed by atoms with Gasteiger partial charge >= 0.3 is 0 Å². The maximum atomic E-state index is 8.76. The molecule has 0 bridgehead atoms. The fourth-order valence-electron chi connectivity index (χ4n) is 3.67. The Balaban J connectivity index is 1.66. The summed E-state index contributed by atoms with van der Waals surface area (Å²) in [4.78, 5) is 0. The third-order valence-corrected chi connectivity index (χ3v) is 4.68. The minimum Gasteiger partial charge on any atom is -0.396 e. The molecule has 1 saturated carbocycles. The van der Waals surface area contributed by atoms with Crippen LogP contribution in [0.15, 0.2) is 0 Å². The molecule has 3 N–H and O–H groups in total. The van der Waals surface area contributed by atoms with E-state index in [0.717, 1.165) is 37.4 Å². The fraction of sp³-hybridized carbons (Fsp3) is 1.00. The molecule has 106 valence electrons. The fourth-order valence-corrected chi connectivity index (χ4v) is 3.67. The summed E-state index contributed by atoms with van der Waals surface area (Å²) >= 11 is 0. The Kier molecular flexibility index (Phi) is 6.46. The first-order valence-electron chi connectivity index (χ1n) is 7.99. The van der Waals surface area contributed by atoms with Crippen LogP contribution < -0.4 is 10.6 Å². The number of nitrogens with one attached hydrogen (secondary N) is 2. The van der Waals surface area contributed by atoms with Gasteiger partial charge in [0.1, 0.15) is 0 Å². The minimum absolute atomic E-state index is 0.345. The molecule has 1 aliphatic heterocycles. The van der Waals surface area contributed by atoms with Gasteiger partial charge in [-0.1, -0.05) is 12.8 Å². The van der Waals surface area contributed by atoms with E-state index in [4.69, 9.17) is 5.11 Å². The average molecular weight is 254 g/mol.